The predicted molar refractivity (Wildman–Crippen MR) is 177 cm³/mol. The molecular formula is C39H29Cl2NO2. The number of nitrogens with one attached hydrogen (secondary N) is 1. The van der Waals surface area contributed by atoms with Crippen molar-refractivity contribution < 1.29 is 9.59 Å². The van der Waals surface area contributed by atoms with Crippen molar-refractivity contribution in [1.29, 1.82) is 0 Å². The van der Waals surface area contributed by atoms with Crippen LogP contribution < -0.4 is 5.32 Å². The SMILES string of the molecule is O=C1c2cccc3cccc(c23)[C@]12N[C@@H](c1ccccc1)[C@H](c1ccccc1Cl)[C@]21CCC/C(=C\c2ccccc2Cl)C1=O. The van der Waals surface area contributed by atoms with Crippen LogP contribution >= 0.6 is 23.2 Å². The molecule has 2 aliphatic carbocycles. The number of carbonyl (C=O) groups is 2. The predicted octanol–water partition coefficient (Wildman–Crippen LogP) is 9.49. The summed E-state index contributed by atoms with van der Waals surface area (Å²) in [5.41, 5.74) is 2.45. The fourth-order valence-corrected chi connectivity index (χ4v) is 8.91. The molecule has 1 saturated carbocycles. The van der Waals surface area contributed by atoms with Crippen LogP contribution in [0.5, 0.6) is 0 Å². The number of carbonyl (C=O) groups excluding carboxylic acids is 2. The first-order valence-corrected chi connectivity index (χ1v) is 15.9. The average Bonchev–Trinajstić information content (AvgIpc) is 3.48. The molecule has 44 heavy (non-hydrogen) atoms. The van der Waals surface area contributed by atoms with Crippen LogP contribution in [-0.2, 0) is 10.3 Å². The van der Waals surface area contributed by atoms with Gasteiger partial charge < -0.3 is 0 Å². The van der Waals surface area contributed by atoms with Crippen LogP contribution in [0.15, 0.2) is 121 Å². The highest BCUT2D eigenvalue weighted by Gasteiger charge is 2.74. The highest BCUT2D eigenvalue weighted by atomic mass is 35.5. The molecule has 0 aromatic heterocycles. The Morgan fingerprint density at radius 2 is 1.43 bits per heavy atom. The van der Waals surface area contributed by atoms with Crippen molar-refractivity contribution in [2.75, 3.05) is 0 Å². The Kier molecular flexibility index (Phi) is 6.43. The van der Waals surface area contributed by atoms with Crippen molar-refractivity contribution in [2.24, 2.45) is 5.41 Å². The molecule has 5 aromatic carbocycles. The second kappa shape index (κ2) is 10.3. The lowest BCUT2D eigenvalue weighted by Gasteiger charge is -2.48. The lowest BCUT2D eigenvalue weighted by atomic mass is 9.52. The van der Waals surface area contributed by atoms with Gasteiger partial charge in [-0.15, -0.1) is 0 Å². The molecule has 0 radical (unpaired) electrons. The van der Waals surface area contributed by atoms with Crippen molar-refractivity contribution in [3.05, 3.63) is 159 Å². The molecule has 1 heterocycles. The van der Waals surface area contributed by atoms with Crippen molar-refractivity contribution in [3.8, 4) is 0 Å². The first-order valence-electron chi connectivity index (χ1n) is 15.1. The molecule has 0 amide bonds. The number of hydrogen-bond donors (Lipinski definition) is 1. The lowest BCUT2D eigenvalue weighted by molar-refractivity contribution is -0.130. The third-order valence-corrected chi connectivity index (χ3v) is 10.8. The molecule has 5 aromatic rings. The molecular weight excluding hydrogens is 585 g/mol. The first kappa shape index (κ1) is 27.5. The molecule has 3 aliphatic rings. The number of halogens is 2. The van der Waals surface area contributed by atoms with E-state index in [0.29, 0.717) is 34.0 Å². The summed E-state index contributed by atoms with van der Waals surface area (Å²) >= 11 is 13.6. The highest BCUT2D eigenvalue weighted by Crippen LogP contribution is 2.69. The molecule has 3 nitrogen and oxygen atoms in total. The Bertz CT molecular complexity index is 2010. The van der Waals surface area contributed by atoms with Gasteiger partial charge in [-0.3, -0.25) is 14.9 Å². The Labute approximate surface area is 266 Å². The Balaban J connectivity index is 1.47. The van der Waals surface area contributed by atoms with Crippen LogP contribution in [-0.4, -0.2) is 11.6 Å². The van der Waals surface area contributed by atoms with Gasteiger partial charge in [0.1, 0.15) is 5.54 Å². The van der Waals surface area contributed by atoms with Crippen LogP contribution in [0.2, 0.25) is 10.0 Å². The largest absolute Gasteiger partial charge is 0.294 e. The summed E-state index contributed by atoms with van der Waals surface area (Å²) in [6.45, 7) is 0. The second-order valence-electron chi connectivity index (χ2n) is 12.2. The van der Waals surface area contributed by atoms with Crippen molar-refractivity contribution in [3.63, 3.8) is 0 Å². The van der Waals surface area contributed by atoms with Gasteiger partial charge in [0.15, 0.2) is 11.6 Å². The number of hydrogen-bond acceptors (Lipinski definition) is 3. The average molecular weight is 615 g/mol. The zero-order chi connectivity index (χ0) is 30.1. The van der Waals surface area contributed by atoms with Gasteiger partial charge in [0.2, 0.25) is 0 Å². The van der Waals surface area contributed by atoms with E-state index in [-0.39, 0.29) is 17.6 Å². The van der Waals surface area contributed by atoms with Gasteiger partial charge in [0, 0.05) is 27.6 Å². The summed E-state index contributed by atoms with van der Waals surface area (Å²) < 4.78 is 0. The molecule has 8 rings (SSSR count). The van der Waals surface area contributed by atoms with Gasteiger partial charge in [-0.2, -0.15) is 0 Å². The van der Waals surface area contributed by atoms with Gasteiger partial charge in [-0.05, 0) is 76.1 Å². The number of fused-ring (bicyclic) bond motifs is 2. The van der Waals surface area contributed by atoms with Gasteiger partial charge >= 0.3 is 0 Å². The minimum absolute atomic E-state index is 0.0160. The fourth-order valence-electron chi connectivity index (χ4n) is 8.47. The van der Waals surface area contributed by atoms with Crippen LogP contribution in [0.4, 0.5) is 0 Å². The van der Waals surface area contributed by atoms with Crippen LogP contribution in [0.1, 0.15) is 63.8 Å². The first-order chi connectivity index (χ1) is 21.5. The molecule has 216 valence electrons. The zero-order valence-corrected chi connectivity index (χ0v) is 25.4. The zero-order valence-electron chi connectivity index (χ0n) is 23.9. The minimum atomic E-state index is -1.29. The molecule has 0 bridgehead atoms. The summed E-state index contributed by atoms with van der Waals surface area (Å²) in [6.07, 6.45) is 3.83. The van der Waals surface area contributed by atoms with Crippen molar-refractivity contribution in [2.45, 2.75) is 36.8 Å². The maximum absolute atomic E-state index is 15.6. The van der Waals surface area contributed by atoms with E-state index >= 15 is 9.59 Å². The van der Waals surface area contributed by atoms with Gasteiger partial charge in [-0.25, -0.2) is 0 Å². The van der Waals surface area contributed by atoms with Crippen LogP contribution in [0.25, 0.3) is 16.8 Å². The Morgan fingerprint density at radius 1 is 0.727 bits per heavy atom. The fraction of sp³-hybridized carbons (Fsp3) is 0.179. The van der Waals surface area contributed by atoms with Gasteiger partial charge in [-0.1, -0.05) is 126 Å². The number of rotatable bonds is 3. The molecule has 0 unspecified atom stereocenters. The Hall–Kier alpha value is -4.02. The normalized spacial score (nSPS) is 26.8. The van der Waals surface area contributed by atoms with E-state index in [1.54, 1.807) is 0 Å². The molecule has 1 aliphatic heterocycles. The van der Waals surface area contributed by atoms with Crippen LogP contribution in [0, 0.1) is 5.41 Å². The summed E-state index contributed by atoms with van der Waals surface area (Å²) in [7, 11) is 0. The number of benzene rings is 5. The molecule has 1 N–H and O–H groups in total. The van der Waals surface area contributed by atoms with E-state index in [9.17, 15) is 0 Å². The maximum Gasteiger partial charge on any atom is 0.189 e. The van der Waals surface area contributed by atoms with Gasteiger partial charge in [0.05, 0.1) is 5.41 Å². The summed E-state index contributed by atoms with van der Waals surface area (Å²) in [5, 5.41) is 7.02. The lowest BCUT2D eigenvalue weighted by Crippen LogP contribution is -2.59. The summed E-state index contributed by atoms with van der Waals surface area (Å²) in [6, 6.07) is 37.2. The molecule has 5 heteroatoms. The summed E-state index contributed by atoms with van der Waals surface area (Å²) in [5.74, 6) is -0.487. The molecule has 1 saturated heterocycles. The summed E-state index contributed by atoms with van der Waals surface area (Å²) in [4.78, 5) is 30.8. The van der Waals surface area contributed by atoms with E-state index in [4.69, 9.17) is 23.2 Å². The van der Waals surface area contributed by atoms with E-state index < -0.39 is 16.9 Å². The number of allylic oxidation sites excluding steroid dienone is 1. The Morgan fingerprint density at radius 3 is 2.20 bits per heavy atom. The van der Waals surface area contributed by atoms with Gasteiger partial charge in [0.25, 0.3) is 0 Å². The highest BCUT2D eigenvalue weighted by molar-refractivity contribution is 6.32. The number of Topliss-reactive ketones (excluding diaryl/α,β-unsaturated/α-hetero) is 2. The third-order valence-electron chi connectivity index (χ3n) is 10.1. The second-order valence-corrected chi connectivity index (χ2v) is 13.0. The van der Waals surface area contributed by atoms with E-state index in [0.717, 1.165) is 39.4 Å². The van der Waals surface area contributed by atoms with Crippen LogP contribution in [0.3, 0.4) is 0 Å². The molecule has 2 spiro atoms. The van der Waals surface area contributed by atoms with Crippen molar-refractivity contribution in [1.82, 2.24) is 5.32 Å². The van der Waals surface area contributed by atoms with E-state index in [2.05, 4.69) is 17.4 Å². The maximum atomic E-state index is 15.6. The van der Waals surface area contributed by atoms with E-state index in [1.165, 1.54) is 0 Å². The molecule has 2 fully saturated rings. The standard InChI is InChI=1S/C39H29Cl2NO2/c40-31-20-6-4-13-26(31)23-27-16-10-22-38(36(27)43)34(28-17-5-7-21-32(28)41)35(25-11-2-1-3-12-25)42-39(38)30-19-9-15-24-14-8-18-29(33(24)30)37(39)44/h1-9,11-15,17-21,23,34-35,42H,10,16,22H2/b27-23+/t34-,35-,38-,39-/m0/s1. The number of ketones is 2. The monoisotopic (exact) mass is 613 g/mol. The van der Waals surface area contributed by atoms with Crippen molar-refractivity contribution >= 4 is 51.6 Å². The molecule has 4 atom stereocenters. The topological polar surface area (TPSA) is 46.2 Å². The third kappa shape index (κ3) is 3.67. The quantitative estimate of drug-likeness (QED) is 0.206. The minimum Gasteiger partial charge on any atom is -0.294 e. The smallest absolute Gasteiger partial charge is 0.189 e. The van der Waals surface area contributed by atoms with E-state index in [1.807, 2.05) is 109 Å².